The highest BCUT2D eigenvalue weighted by molar-refractivity contribution is 6.16. The van der Waals surface area contributed by atoms with Gasteiger partial charge in [0.05, 0.1) is 17.8 Å². The van der Waals surface area contributed by atoms with Gasteiger partial charge in [0, 0.05) is 23.5 Å². The molecule has 1 amide bonds. The van der Waals surface area contributed by atoms with Crippen molar-refractivity contribution in [2.75, 3.05) is 14.1 Å². The van der Waals surface area contributed by atoms with Gasteiger partial charge in [0.15, 0.2) is 17.2 Å². The van der Waals surface area contributed by atoms with E-state index in [4.69, 9.17) is 5.73 Å². The summed E-state index contributed by atoms with van der Waals surface area (Å²) < 4.78 is 13.6. The zero-order valence-corrected chi connectivity index (χ0v) is 21.4. The molecule has 0 bridgehead atoms. The number of halogens is 1. The maximum absolute atomic E-state index is 13.9. The third-order valence-corrected chi connectivity index (χ3v) is 8.63. The molecule has 0 aromatic heterocycles. The Morgan fingerprint density at radius 3 is 2.21 bits per heavy atom. The molecule has 1 fully saturated rings. The number of carbonyl (C=O) groups is 3. The molecule has 3 aliphatic rings. The van der Waals surface area contributed by atoms with Gasteiger partial charge in [-0.15, -0.1) is 0 Å². The fourth-order valence-corrected chi connectivity index (χ4v) is 6.94. The summed E-state index contributed by atoms with van der Waals surface area (Å²) in [4.78, 5) is 41.0. The summed E-state index contributed by atoms with van der Waals surface area (Å²) in [7, 11) is 3.00. The van der Waals surface area contributed by atoms with Crippen LogP contribution in [0.1, 0.15) is 28.8 Å². The number of hydrogen-bond acceptors (Lipinski definition) is 9. The average Bonchev–Trinajstić information content (AvgIpc) is 2.86. The van der Waals surface area contributed by atoms with E-state index in [9.17, 15) is 44.3 Å². The number of phenols is 1. The van der Waals surface area contributed by atoms with Crippen molar-refractivity contribution < 1.29 is 44.3 Å². The topological polar surface area (TPSA) is 182 Å². The number of primary amides is 1. The van der Waals surface area contributed by atoms with Crippen LogP contribution in [0.5, 0.6) is 5.75 Å². The van der Waals surface area contributed by atoms with Crippen LogP contribution in [-0.4, -0.2) is 85.9 Å². The maximum Gasteiger partial charge on any atom is 0.230 e. The molecule has 2 aromatic carbocycles. The number of aliphatic hydroxyl groups excluding tert-OH is 3. The smallest absolute Gasteiger partial charge is 0.230 e. The molecular formula is C28H29FN2O8. The first-order chi connectivity index (χ1) is 18.2. The van der Waals surface area contributed by atoms with Crippen LogP contribution in [0.3, 0.4) is 0 Å². The number of rotatable bonds is 3. The number of aliphatic hydroxyl groups is 4. The standard InChI is InChI=1S/C28H29FN2O8/c1-10-15-13(11-4-6-12(29)7-5-11)8-9-14(32)17(15)22(33)18-16(10)23(34)20-21(31(2)3)24(35)19(27(30)38)26(37)28(20,39)25(18)36/h4-10,16,19-21,23-24,32,34-36,39H,1-3H3,(H2,30,38)/t10-,16+,19?,20+,21-,23-,24?,28-/m0/s1. The second-order valence-corrected chi connectivity index (χ2v) is 10.8. The van der Waals surface area contributed by atoms with E-state index in [1.165, 1.54) is 49.3 Å². The molecule has 10 nitrogen and oxygen atoms in total. The molecule has 11 heteroatoms. The van der Waals surface area contributed by atoms with Gasteiger partial charge in [-0.3, -0.25) is 14.4 Å². The van der Waals surface area contributed by atoms with Gasteiger partial charge in [0.2, 0.25) is 5.91 Å². The molecule has 5 rings (SSSR count). The Kier molecular flexibility index (Phi) is 6.18. The van der Waals surface area contributed by atoms with Gasteiger partial charge in [-0.2, -0.15) is 0 Å². The van der Waals surface area contributed by atoms with Crippen LogP contribution in [-0.2, 0) is 9.59 Å². The van der Waals surface area contributed by atoms with Gasteiger partial charge in [0.1, 0.15) is 23.2 Å². The van der Waals surface area contributed by atoms with E-state index in [1.54, 1.807) is 13.0 Å². The second kappa shape index (κ2) is 8.95. The zero-order valence-electron chi connectivity index (χ0n) is 21.4. The summed E-state index contributed by atoms with van der Waals surface area (Å²) in [5.74, 6) is -10.9. The normalized spacial score (nSPS) is 34.0. The molecule has 0 heterocycles. The summed E-state index contributed by atoms with van der Waals surface area (Å²) in [5.41, 5.74) is 3.13. The molecule has 2 unspecified atom stereocenters. The lowest BCUT2D eigenvalue weighted by molar-refractivity contribution is -0.194. The quantitative estimate of drug-likeness (QED) is 0.304. The van der Waals surface area contributed by atoms with Crippen molar-refractivity contribution in [1.82, 2.24) is 4.90 Å². The predicted octanol–water partition coefficient (Wildman–Crippen LogP) is 0.624. The minimum Gasteiger partial charge on any atom is -0.508 e. The number of amides is 1. The molecular weight excluding hydrogens is 511 g/mol. The van der Waals surface area contributed by atoms with Crippen molar-refractivity contribution in [3.05, 3.63) is 64.7 Å². The first kappa shape index (κ1) is 26.9. The van der Waals surface area contributed by atoms with Crippen LogP contribution in [0.15, 0.2) is 47.7 Å². The van der Waals surface area contributed by atoms with E-state index in [1.807, 2.05) is 0 Å². The van der Waals surface area contributed by atoms with E-state index < -0.39 is 87.9 Å². The predicted molar refractivity (Wildman–Crippen MR) is 135 cm³/mol. The molecule has 1 saturated carbocycles. The van der Waals surface area contributed by atoms with Crippen molar-refractivity contribution in [1.29, 1.82) is 0 Å². The van der Waals surface area contributed by atoms with Gasteiger partial charge < -0.3 is 36.2 Å². The molecule has 0 radical (unpaired) electrons. The van der Waals surface area contributed by atoms with E-state index in [0.717, 1.165) is 0 Å². The first-order valence-corrected chi connectivity index (χ1v) is 12.4. The largest absolute Gasteiger partial charge is 0.508 e. The van der Waals surface area contributed by atoms with E-state index in [2.05, 4.69) is 0 Å². The number of ketones is 2. The molecule has 2 aromatic rings. The van der Waals surface area contributed by atoms with Gasteiger partial charge in [-0.1, -0.05) is 25.1 Å². The Bertz CT molecular complexity index is 1440. The van der Waals surface area contributed by atoms with Crippen molar-refractivity contribution in [2.45, 2.75) is 36.7 Å². The number of carbonyl (C=O) groups excluding carboxylic acids is 3. The Balaban J connectivity index is 1.79. The van der Waals surface area contributed by atoms with E-state index in [0.29, 0.717) is 16.7 Å². The number of fused-ring (bicyclic) bond motifs is 3. The number of nitrogens with zero attached hydrogens (tertiary/aromatic N) is 1. The Morgan fingerprint density at radius 2 is 1.64 bits per heavy atom. The second-order valence-electron chi connectivity index (χ2n) is 10.8. The lowest BCUT2D eigenvalue weighted by Crippen LogP contribution is -2.74. The Hall–Kier alpha value is -3.64. The van der Waals surface area contributed by atoms with Crippen LogP contribution < -0.4 is 5.73 Å². The highest BCUT2D eigenvalue weighted by Gasteiger charge is 2.69. The first-order valence-electron chi connectivity index (χ1n) is 12.4. The van der Waals surface area contributed by atoms with Gasteiger partial charge in [0.25, 0.3) is 0 Å². The van der Waals surface area contributed by atoms with E-state index >= 15 is 0 Å². The van der Waals surface area contributed by atoms with Gasteiger partial charge in [-0.25, -0.2) is 4.39 Å². The highest BCUT2D eigenvalue weighted by atomic mass is 19.1. The van der Waals surface area contributed by atoms with E-state index in [-0.39, 0.29) is 5.56 Å². The van der Waals surface area contributed by atoms with Crippen LogP contribution >= 0.6 is 0 Å². The number of phenolic OH excluding ortho intramolecular Hbond substituents is 1. The number of benzene rings is 2. The van der Waals surface area contributed by atoms with Crippen molar-refractivity contribution >= 4 is 17.5 Å². The third-order valence-electron chi connectivity index (χ3n) is 8.63. The van der Waals surface area contributed by atoms with Crippen LogP contribution in [0.4, 0.5) is 4.39 Å². The van der Waals surface area contributed by atoms with Crippen molar-refractivity contribution in [2.24, 2.45) is 23.5 Å². The number of Topliss-reactive ketones (excluding diaryl/α,β-unsaturated/α-hetero) is 2. The number of likely N-dealkylation sites (N-methyl/N-ethyl adjacent to an activating group) is 1. The van der Waals surface area contributed by atoms with Crippen LogP contribution in [0, 0.1) is 23.6 Å². The summed E-state index contributed by atoms with van der Waals surface area (Å²) in [6.45, 7) is 1.65. The lowest BCUT2D eigenvalue weighted by atomic mass is 9.53. The number of nitrogens with two attached hydrogens (primary N) is 1. The monoisotopic (exact) mass is 540 g/mol. The molecule has 0 saturated heterocycles. The minimum absolute atomic E-state index is 0.199. The molecule has 3 aliphatic carbocycles. The molecule has 39 heavy (non-hydrogen) atoms. The van der Waals surface area contributed by atoms with Crippen molar-refractivity contribution in [3.8, 4) is 16.9 Å². The summed E-state index contributed by atoms with van der Waals surface area (Å²) in [6.07, 6.45) is -3.39. The minimum atomic E-state index is -2.92. The lowest BCUT2D eigenvalue weighted by Gasteiger charge is -2.56. The molecule has 7 N–H and O–H groups in total. The Morgan fingerprint density at radius 1 is 1.03 bits per heavy atom. The SMILES string of the molecule is C[C@H]1c2c(-c3ccc(F)cc3)ccc(O)c2C(=O)C2=C(O)[C@]3(O)C(=O)C(C(N)=O)C(O)[C@@H](N(C)C)[C@@H]3[C@@H](O)[C@@H]21. The molecule has 206 valence electrons. The third kappa shape index (κ3) is 3.50. The molecule has 0 spiro atoms. The molecule has 8 atom stereocenters. The summed E-state index contributed by atoms with van der Waals surface area (Å²) in [5, 5.41) is 56.7. The highest BCUT2D eigenvalue weighted by Crippen LogP contribution is 2.56. The van der Waals surface area contributed by atoms with Crippen LogP contribution in [0.25, 0.3) is 11.1 Å². The number of hydrogen-bond donors (Lipinski definition) is 6. The summed E-state index contributed by atoms with van der Waals surface area (Å²) >= 11 is 0. The van der Waals surface area contributed by atoms with Gasteiger partial charge >= 0.3 is 0 Å². The fourth-order valence-electron chi connectivity index (χ4n) is 6.94. The average molecular weight is 541 g/mol. The molecule has 0 aliphatic heterocycles. The summed E-state index contributed by atoms with van der Waals surface area (Å²) in [6, 6.07) is 7.07. The van der Waals surface area contributed by atoms with Crippen LogP contribution in [0.2, 0.25) is 0 Å². The number of aromatic hydroxyl groups is 1. The maximum atomic E-state index is 13.9. The zero-order chi connectivity index (χ0) is 28.7. The Labute approximate surface area is 222 Å². The van der Waals surface area contributed by atoms with Crippen molar-refractivity contribution in [3.63, 3.8) is 0 Å². The van der Waals surface area contributed by atoms with Gasteiger partial charge in [-0.05, 0) is 54.9 Å². The fraction of sp³-hybridized carbons (Fsp3) is 0.393.